The Labute approximate surface area is 254 Å². The van der Waals surface area contributed by atoms with Gasteiger partial charge in [0.1, 0.15) is 11.5 Å². The van der Waals surface area contributed by atoms with Gasteiger partial charge in [-0.3, -0.25) is 0 Å². The number of hydrogen-bond donors (Lipinski definition) is 0. The molecule has 44 heavy (non-hydrogen) atoms. The molecule has 8 aromatic carbocycles. The molecular formula is C42H25NO. The summed E-state index contributed by atoms with van der Waals surface area (Å²) in [4.78, 5) is 0. The number of aromatic nitrogens is 1. The number of fused-ring (bicyclic) bond motifs is 8. The van der Waals surface area contributed by atoms with E-state index in [1.807, 2.05) is 0 Å². The molecule has 0 saturated heterocycles. The number of rotatable bonds is 2. The van der Waals surface area contributed by atoms with Crippen molar-refractivity contribution in [1.29, 1.82) is 0 Å². The molecule has 0 bridgehead atoms. The highest BCUT2D eigenvalue weighted by Gasteiger charge is 2.21. The fraction of sp³-hybridized carbons (Fsp3) is 0. The van der Waals surface area contributed by atoms with E-state index in [-0.39, 0.29) is 0 Å². The highest BCUT2D eigenvalue weighted by Crippen LogP contribution is 2.47. The monoisotopic (exact) mass is 559 g/mol. The Kier molecular flexibility index (Phi) is 4.75. The molecule has 0 saturated carbocycles. The van der Waals surface area contributed by atoms with E-state index in [4.69, 9.17) is 4.74 Å². The predicted molar refractivity (Wildman–Crippen MR) is 184 cm³/mol. The van der Waals surface area contributed by atoms with E-state index in [1.165, 1.54) is 70.8 Å². The lowest BCUT2D eigenvalue weighted by atomic mass is 9.92. The fourth-order valence-electron chi connectivity index (χ4n) is 7.28. The van der Waals surface area contributed by atoms with Crippen molar-refractivity contribution in [1.82, 2.24) is 4.57 Å². The number of ether oxygens (including phenoxy) is 1. The second-order valence-electron chi connectivity index (χ2n) is 11.8. The van der Waals surface area contributed by atoms with Crippen molar-refractivity contribution < 1.29 is 4.74 Å². The first-order valence-corrected chi connectivity index (χ1v) is 15.1. The minimum Gasteiger partial charge on any atom is -0.456 e. The lowest BCUT2D eigenvalue weighted by Crippen LogP contribution is -1.97. The molecule has 0 unspecified atom stereocenters. The van der Waals surface area contributed by atoms with Crippen LogP contribution in [0.3, 0.4) is 0 Å². The number of hydrogen-bond acceptors (Lipinski definition) is 1. The zero-order chi connectivity index (χ0) is 28.8. The third kappa shape index (κ3) is 3.31. The molecule has 0 aliphatic carbocycles. The van der Waals surface area contributed by atoms with Crippen molar-refractivity contribution in [2.45, 2.75) is 0 Å². The molecule has 2 heteroatoms. The van der Waals surface area contributed by atoms with E-state index in [0.29, 0.717) is 0 Å². The second-order valence-corrected chi connectivity index (χ2v) is 11.8. The largest absolute Gasteiger partial charge is 0.456 e. The van der Waals surface area contributed by atoms with Crippen LogP contribution in [0.25, 0.3) is 82.1 Å². The highest BCUT2D eigenvalue weighted by molar-refractivity contribution is 6.20. The van der Waals surface area contributed by atoms with Gasteiger partial charge in [-0.1, -0.05) is 109 Å². The van der Waals surface area contributed by atoms with Gasteiger partial charge in [-0.15, -0.1) is 0 Å². The highest BCUT2D eigenvalue weighted by atomic mass is 16.5. The van der Waals surface area contributed by atoms with Crippen LogP contribution in [0.1, 0.15) is 0 Å². The van der Waals surface area contributed by atoms with Crippen LogP contribution in [0, 0.1) is 0 Å². The topological polar surface area (TPSA) is 14.2 Å². The molecule has 1 aliphatic rings. The van der Waals surface area contributed by atoms with Crippen LogP contribution in [-0.4, -0.2) is 4.57 Å². The van der Waals surface area contributed by atoms with Gasteiger partial charge < -0.3 is 9.30 Å². The lowest BCUT2D eigenvalue weighted by Gasteiger charge is -2.22. The van der Waals surface area contributed by atoms with Gasteiger partial charge in [0.25, 0.3) is 0 Å². The Hall–Kier alpha value is -5.86. The van der Waals surface area contributed by atoms with E-state index in [1.54, 1.807) is 0 Å². The van der Waals surface area contributed by atoms with Crippen molar-refractivity contribution in [3.8, 4) is 39.4 Å². The van der Waals surface area contributed by atoms with Gasteiger partial charge >= 0.3 is 0 Å². The van der Waals surface area contributed by atoms with Gasteiger partial charge in [-0.25, -0.2) is 0 Å². The summed E-state index contributed by atoms with van der Waals surface area (Å²) in [5.41, 5.74) is 8.34. The average molecular weight is 560 g/mol. The number of benzene rings is 8. The van der Waals surface area contributed by atoms with E-state index >= 15 is 0 Å². The van der Waals surface area contributed by atoms with Crippen molar-refractivity contribution in [3.05, 3.63) is 152 Å². The van der Waals surface area contributed by atoms with E-state index < -0.39 is 0 Å². The van der Waals surface area contributed by atoms with E-state index in [9.17, 15) is 0 Å². The maximum atomic E-state index is 6.35. The molecule has 0 radical (unpaired) electrons. The molecule has 0 fully saturated rings. The molecule has 0 atom stereocenters. The van der Waals surface area contributed by atoms with Gasteiger partial charge in [0.05, 0.1) is 11.0 Å². The zero-order valence-corrected chi connectivity index (χ0v) is 23.8. The lowest BCUT2D eigenvalue weighted by molar-refractivity contribution is 0.487. The first-order valence-electron chi connectivity index (χ1n) is 15.1. The van der Waals surface area contributed by atoms with Crippen LogP contribution in [-0.2, 0) is 0 Å². The van der Waals surface area contributed by atoms with Gasteiger partial charge in [0, 0.05) is 32.8 Å². The molecule has 10 rings (SSSR count). The van der Waals surface area contributed by atoms with Gasteiger partial charge in [-0.2, -0.15) is 0 Å². The maximum Gasteiger partial charge on any atom is 0.135 e. The molecule has 2 heterocycles. The summed E-state index contributed by atoms with van der Waals surface area (Å²) < 4.78 is 8.80. The third-order valence-electron chi connectivity index (χ3n) is 9.33. The molecule has 0 amide bonds. The maximum absolute atomic E-state index is 6.35. The molecule has 1 aliphatic heterocycles. The van der Waals surface area contributed by atoms with Crippen LogP contribution >= 0.6 is 0 Å². The Balaban J connectivity index is 1.16. The Bertz CT molecular complexity index is 2620. The van der Waals surface area contributed by atoms with E-state index in [2.05, 4.69) is 156 Å². The third-order valence-corrected chi connectivity index (χ3v) is 9.33. The fourth-order valence-corrected chi connectivity index (χ4v) is 7.28. The molecule has 2 nitrogen and oxygen atoms in total. The summed E-state index contributed by atoms with van der Waals surface area (Å²) in [5, 5.41) is 9.95. The summed E-state index contributed by atoms with van der Waals surface area (Å²) in [6.07, 6.45) is 0. The molecule has 204 valence electrons. The first-order chi connectivity index (χ1) is 21.8. The molecule has 9 aromatic rings. The van der Waals surface area contributed by atoms with Crippen molar-refractivity contribution in [2.75, 3.05) is 0 Å². The van der Waals surface area contributed by atoms with Gasteiger partial charge in [0.15, 0.2) is 0 Å². The quantitative estimate of drug-likeness (QED) is 0.205. The standard InChI is InChI=1S/C42H25NO/c1-2-9-30-25-38-36(23-29(30)8-1)35-21-17-27-7-3-4-12-33(27)42(35)43(38)32-19-15-26(16-20-32)31-18-22-39-37(24-31)34-13-5-10-28-11-6-14-40(44-39)41(28)34/h1-25H. The molecule has 1 aromatic heterocycles. The van der Waals surface area contributed by atoms with Gasteiger partial charge in [0.2, 0.25) is 0 Å². The summed E-state index contributed by atoms with van der Waals surface area (Å²) >= 11 is 0. The first kappa shape index (κ1) is 23.7. The van der Waals surface area contributed by atoms with Gasteiger partial charge in [-0.05, 0) is 80.7 Å². The van der Waals surface area contributed by atoms with Crippen molar-refractivity contribution >= 4 is 54.1 Å². The predicted octanol–water partition coefficient (Wildman–Crippen LogP) is 11.7. The van der Waals surface area contributed by atoms with Crippen molar-refractivity contribution in [3.63, 3.8) is 0 Å². The molecular weight excluding hydrogens is 534 g/mol. The van der Waals surface area contributed by atoms with Crippen LogP contribution < -0.4 is 4.74 Å². The zero-order valence-electron chi connectivity index (χ0n) is 23.8. The van der Waals surface area contributed by atoms with Crippen molar-refractivity contribution in [2.24, 2.45) is 0 Å². The normalized spacial score (nSPS) is 12.3. The molecule has 0 spiro atoms. The minimum atomic E-state index is 0.904. The average Bonchev–Trinajstić information content (AvgIpc) is 3.41. The Morgan fingerprint density at radius 1 is 0.409 bits per heavy atom. The minimum absolute atomic E-state index is 0.904. The SMILES string of the molecule is c1ccc2cc3c(cc2c1)c1ccc2ccccc2c1n3-c1ccc(-c2ccc3c(c2)-c2cccc4cccc(c24)O3)cc1. The summed E-state index contributed by atoms with van der Waals surface area (Å²) in [5.74, 6) is 1.83. The summed E-state index contributed by atoms with van der Waals surface area (Å²) in [7, 11) is 0. The Morgan fingerprint density at radius 3 is 2.00 bits per heavy atom. The van der Waals surface area contributed by atoms with E-state index in [0.717, 1.165) is 22.7 Å². The van der Waals surface area contributed by atoms with Crippen LogP contribution in [0.2, 0.25) is 0 Å². The second kappa shape index (κ2) is 8.82. The summed E-state index contributed by atoms with van der Waals surface area (Å²) in [6, 6.07) is 54.9. The van der Waals surface area contributed by atoms with Crippen LogP contribution in [0.4, 0.5) is 0 Å². The Morgan fingerprint density at radius 2 is 1.14 bits per heavy atom. The van der Waals surface area contributed by atoms with Crippen LogP contribution in [0.5, 0.6) is 11.5 Å². The molecule has 0 N–H and O–H groups in total. The summed E-state index contributed by atoms with van der Waals surface area (Å²) in [6.45, 7) is 0. The number of nitrogens with zero attached hydrogens (tertiary/aromatic N) is 1. The smallest absolute Gasteiger partial charge is 0.135 e. The van der Waals surface area contributed by atoms with Crippen LogP contribution in [0.15, 0.2) is 152 Å².